The molecule has 6 nitrogen and oxygen atoms in total. The Morgan fingerprint density at radius 3 is 2.56 bits per heavy atom. The van der Waals surface area contributed by atoms with E-state index in [4.69, 9.17) is 4.74 Å². The second-order valence-electron chi connectivity index (χ2n) is 4.84. The molecule has 0 aromatic heterocycles. The lowest BCUT2D eigenvalue weighted by Gasteiger charge is -2.26. The van der Waals surface area contributed by atoms with Crippen LogP contribution in [0.5, 0.6) is 0 Å². The summed E-state index contributed by atoms with van der Waals surface area (Å²) in [6.07, 6.45) is 2.54. The van der Waals surface area contributed by atoms with Crippen LogP contribution in [-0.4, -0.2) is 62.7 Å². The SMILES string of the molecule is O=C(CNCC1CC1)NCC(=O)N1CCOCC1. The zero-order valence-corrected chi connectivity index (χ0v) is 10.6. The van der Waals surface area contributed by atoms with E-state index in [1.165, 1.54) is 12.8 Å². The molecule has 2 amide bonds. The number of nitrogens with one attached hydrogen (secondary N) is 2. The molecule has 18 heavy (non-hydrogen) atoms. The van der Waals surface area contributed by atoms with Gasteiger partial charge in [-0.05, 0) is 25.3 Å². The van der Waals surface area contributed by atoms with E-state index < -0.39 is 0 Å². The molecule has 1 aliphatic heterocycles. The summed E-state index contributed by atoms with van der Waals surface area (Å²) in [7, 11) is 0. The Bertz CT molecular complexity index is 299. The van der Waals surface area contributed by atoms with E-state index in [1.807, 2.05) is 0 Å². The van der Waals surface area contributed by atoms with Crippen LogP contribution in [0.3, 0.4) is 0 Å². The molecule has 0 bridgehead atoms. The predicted octanol–water partition coefficient (Wildman–Crippen LogP) is -1.04. The highest BCUT2D eigenvalue weighted by molar-refractivity contribution is 5.85. The Kier molecular flexibility index (Phi) is 4.95. The van der Waals surface area contributed by atoms with Crippen molar-refractivity contribution in [3.05, 3.63) is 0 Å². The van der Waals surface area contributed by atoms with Crippen molar-refractivity contribution in [2.24, 2.45) is 5.92 Å². The number of carbonyl (C=O) groups is 2. The van der Waals surface area contributed by atoms with Gasteiger partial charge in [0.15, 0.2) is 0 Å². The first-order valence-corrected chi connectivity index (χ1v) is 6.58. The fraction of sp³-hybridized carbons (Fsp3) is 0.833. The first-order chi connectivity index (χ1) is 8.75. The zero-order chi connectivity index (χ0) is 12.8. The van der Waals surface area contributed by atoms with E-state index in [1.54, 1.807) is 4.90 Å². The molecule has 0 aromatic carbocycles. The highest BCUT2D eigenvalue weighted by Crippen LogP contribution is 2.27. The Labute approximate surface area is 107 Å². The van der Waals surface area contributed by atoms with Gasteiger partial charge in [0.2, 0.25) is 11.8 Å². The lowest BCUT2D eigenvalue weighted by atomic mass is 10.4. The summed E-state index contributed by atoms with van der Waals surface area (Å²) in [5.74, 6) is 0.610. The summed E-state index contributed by atoms with van der Waals surface area (Å²) in [5.41, 5.74) is 0. The maximum absolute atomic E-state index is 11.7. The summed E-state index contributed by atoms with van der Waals surface area (Å²) in [6, 6.07) is 0. The van der Waals surface area contributed by atoms with Gasteiger partial charge >= 0.3 is 0 Å². The number of nitrogens with zero attached hydrogens (tertiary/aromatic N) is 1. The van der Waals surface area contributed by atoms with Gasteiger partial charge in [-0.25, -0.2) is 0 Å². The average Bonchev–Trinajstić information content (AvgIpc) is 3.21. The minimum Gasteiger partial charge on any atom is -0.378 e. The minimum atomic E-state index is -0.114. The van der Waals surface area contributed by atoms with Gasteiger partial charge in [-0.1, -0.05) is 0 Å². The molecular formula is C12H21N3O3. The third kappa shape index (κ3) is 4.62. The highest BCUT2D eigenvalue weighted by Gasteiger charge is 2.21. The molecule has 0 unspecified atom stereocenters. The second-order valence-corrected chi connectivity index (χ2v) is 4.84. The summed E-state index contributed by atoms with van der Waals surface area (Å²) >= 11 is 0. The van der Waals surface area contributed by atoms with Crippen molar-refractivity contribution in [2.45, 2.75) is 12.8 Å². The van der Waals surface area contributed by atoms with Crippen LogP contribution < -0.4 is 10.6 Å². The van der Waals surface area contributed by atoms with Gasteiger partial charge in [0.1, 0.15) is 0 Å². The number of carbonyl (C=O) groups excluding carboxylic acids is 2. The van der Waals surface area contributed by atoms with Crippen molar-refractivity contribution in [1.29, 1.82) is 0 Å². The number of amides is 2. The van der Waals surface area contributed by atoms with Crippen molar-refractivity contribution < 1.29 is 14.3 Å². The summed E-state index contributed by atoms with van der Waals surface area (Å²) < 4.78 is 5.17. The molecule has 0 aromatic rings. The van der Waals surface area contributed by atoms with Gasteiger partial charge in [0, 0.05) is 13.1 Å². The number of rotatable bonds is 6. The number of ether oxygens (including phenoxy) is 1. The maximum Gasteiger partial charge on any atom is 0.242 e. The Hall–Kier alpha value is -1.14. The van der Waals surface area contributed by atoms with Gasteiger partial charge in [0.25, 0.3) is 0 Å². The number of hydrogen-bond donors (Lipinski definition) is 2. The van der Waals surface area contributed by atoms with Crippen LogP contribution in [0.15, 0.2) is 0 Å². The molecule has 1 saturated carbocycles. The van der Waals surface area contributed by atoms with Crippen LogP contribution in [0, 0.1) is 5.92 Å². The van der Waals surface area contributed by atoms with Crippen molar-refractivity contribution in [1.82, 2.24) is 15.5 Å². The molecule has 0 atom stereocenters. The largest absolute Gasteiger partial charge is 0.378 e. The van der Waals surface area contributed by atoms with Crippen LogP contribution in [-0.2, 0) is 14.3 Å². The molecule has 102 valence electrons. The monoisotopic (exact) mass is 255 g/mol. The van der Waals surface area contributed by atoms with Crippen molar-refractivity contribution in [2.75, 3.05) is 45.9 Å². The van der Waals surface area contributed by atoms with E-state index in [2.05, 4.69) is 10.6 Å². The van der Waals surface area contributed by atoms with Crippen LogP contribution in [0.25, 0.3) is 0 Å². The molecular weight excluding hydrogens is 234 g/mol. The molecule has 1 heterocycles. The molecule has 1 aliphatic carbocycles. The van der Waals surface area contributed by atoms with Crippen LogP contribution >= 0.6 is 0 Å². The third-order valence-electron chi connectivity index (χ3n) is 3.22. The van der Waals surface area contributed by atoms with E-state index in [0.29, 0.717) is 32.8 Å². The molecule has 1 saturated heterocycles. The topological polar surface area (TPSA) is 70.7 Å². The fourth-order valence-electron chi connectivity index (χ4n) is 1.87. The average molecular weight is 255 g/mol. The second kappa shape index (κ2) is 6.70. The van der Waals surface area contributed by atoms with Crippen molar-refractivity contribution in [3.63, 3.8) is 0 Å². The summed E-state index contributed by atoms with van der Waals surface area (Å²) in [4.78, 5) is 24.9. The van der Waals surface area contributed by atoms with Gasteiger partial charge in [-0.2, -0.15) is 0 Å². The van der Waals surface area contributed by atoms with Crippen LogP contribution in [0.2, 0.25) is 0 Å². The van der Waals surface area contributed by atoms with Gasteiger partial charge < -0.3 is 20.3 Å². The molecule has 2 fully saturated rings. The summed E-state index contributed by atoms with van der Waals surface area (Å²) in [5, 5.41) is 5.73. The number of morpholine rings is 1. The van der Waals surface area contributed by atoms with Crippen LogP contribution in [0.4, 0.5) is 0 Å². The van der Waals surface area contributed by atoms with E-state index in [-0.39, 0.29) is 18.4 Å². The van der Waals surface area contributed by atoms with E-state index in [0.717, 1.165) is 12.5 Å². The quantitative estimate of drug-likeness (QED) is 0.636. The highest BCUT2D eigenvalue weighted by atomic mass is 16.5. The minimum absolute atomic E-state index is 0.0335. The third-order valence-corrected chi connectivity index (χ3v) is 3.22. The first kappa shape index (κ1) is 13.3. The lowest BCUT2D eigenvalue weighted by molar-refractivity contribution is -0.136. The molecule has 2 N–H and O–H groups in total. The zero-order valence-electron chi connectivity index (χ0n) is 10.6. The summed E-state index contributed by atoms with van der Waals surface area (Å²) in [6.45, 7) is 3.70. The lowest BCUT2D eigenvalue weighted by Crippen LogP contribution is -2.46. The standard InChI is InChI=1S/C12H21N3O3/c16-11(8-13-7-10-1-2-10)14-9-12(17)15-3-5-18-6-4-15/h10,13H,1-9H2,(H,14,16). The molecule has 2 aliphatic rings. The maximum atomic E-state index is 11.7. The fourth-order valence-corrected chi connectivity index (χ4v) is 1.87. The smallest absolute Gasteiger partial charge is 0.242 e. The predicted molar refractivity (Wildman–Crippen MR) is 66.0 cm³/mol. The molecule has 0 radical (unpaired) electrons. The van der Waals surface area contributed by atoms with Crippen LogP contribution in [0.1, 0.15) is 12.8 Å². The van der Waals surface area contributed by atoms with E-state index >= 15 is 0 Å². The molecule has 6 heteroatoms. The van der Waals surface area contributed by atoms with Gasteiger partial charge in [-0.15, -0.1) is 0 Å². The van der Waals surface area contributed by atoms with E-state index in [9.17, 15) is 9.59 Å². The Morgan fingerprint density at radius 2 is 1.89 bits per heavy atom. The Balaban J connectivity index is 1.54. The normalized spacial score (nSPS) is 19.7. The van der Waals surface area contributed by atoms with Gasteiger partial charge in [0.05, 0.1) is 26.3 Å². The first-order valence-electron chi connectivity index (χ1n) is 6.58. The molecule has 0 spiro atoms. The van der Waals surface area contributed by atoms with Gasteiger partial charge in [-0.3, -0.25) is 9.59 Å². The number of hydrogen-bond acceptors (Lipinski definition) is 4. The molecule has 2 rings (SSSR count). The van der Waals surface area contributed by atoms with Crippen molar-refractivity contribution >= 4 is 11.8 Å². The Morgan fingerprint density at radius 1 is 1.17 bits per heavy atom. The van der Waals surface area contributed by atoms with Crippen molar-refractivity contribution in [3.8, 4) is 0 Å².